The lowest BCUT2D eigenvalue weighted by molar-refractivity contribution is 0.398. The lowest BCUT2D eigenvalue weighted by atomic mass is 10.2. The van der Waals surface area contributed by atoms with Crippen LogP contribution < -0.4 is 0 Å². The van der Waals surface area contributed by atoms with Crippen molar-refractivity contribution in [1.82, 2.24) is 14.5 Å². The van der Waals surface area contributed by atoms with Crippen molar-refractivity contribution in [2.24, 2.45) is 0 Å². The summed E-state index contributed by atoms with van der Waals surface area (Å²) in [6, 6.07) is 7.33. The summed E-state index contributed by atoms with van der Waals surface area (Å²) in [5.41, 5.74) is 0.924. The quantitative estimate of drug-likeness (QED) is 0.922. The van der Waals surface area contributed by atoms with Crippen LogP contribution in [0, 0.1) is 0 Å². The molecular weight excluding hydrogens is 298 g/mol. The van der Waals surface area contributed by atoms with Crippen LogP contribution in [-0.2, 0) is 16.6 Å². The fourth-order valence-corrected chi connectivity index (χ4v) is 3.76. The van der Waals surface area contributed by atoms with Crippen LogP contribution in [0.15, 0.2) is 41.6 Å². The molecular formula is C13H14ClN3O2S. The molecule has 1 N–H and O–H groups in total. The highest BCUT2D eigenvalue weighted by Crippen LogP contribution is 2.33. The van der Waals surface area contributed by atoms with E-state index in [9.17, 15) is 8.42 Å². The Labute approximate surface area is 122 Å². The Hall–Kier alpha value is -1.37. The molecule has 1 aromatic heterocycles. The summed E-state index contributed by atoms with van der Waals surface area (Å²) in [7, 11) is -3.50. The van der Waals surface area contributed by atoms with E-state index < -0.39 is 10.0 Å². The Morgan fingerprint density at radius 1 is 1.30 bits per heavy atom. The summed E-state index contributed by atoms with van der Waals surface area (Å²) in [5, 5.41) is 6.91. The van der Waals surface area contributed by atoms with Crippen LogP contribution in [0.1, 0.15) is 18.4 Å². The molecule has 0 saturated heterocycles. The van der Waals surface area contributed by atoms with Gasteiger partial charge in [-0.05, 0) is 30.5 Å². The first-order valence-electron chi connectivity index (χ1n) is 6.32. The largest absolute Gasteiger partial charge is 0.284 e. The summed E-state index contributed by atoms with van der Waals surface area (Å²) in [6.07, 6.45) is 4.56. The fourth-order valence-electron chi connectivity index (χ4n) is 2.06. The Balaban J connectivity index is 1.88. The number of aromatic nitrogens is 2. The summed E-state index contributed by atoms with van der Waals surface area (Å²) in [4.78, 5) is 0.207. The summed E-state index contributed by atoms with van der Waals surface area (Å²) in [5.74, 6) is 0. The van der Waals surface area contributed by atoms with Crippen LogP contribution in [0.2, 0.25) is 5.02 Å². The van der Waals surface area contributed by atoms with Gasteiger partial charge in [-0.15, -0.1) is 0 Å². The maximum absolute atomic E-state index is 12.6. The predicted molar refractivity (Wildman–Crippen MR) is 75.8 cm³/mol. The van der Waals surface area contributed by atoms with Crippen LogP contribution in [-0.4, -0.2) is 29.0 Å². The molecule has 0 aliphatic heterocycles. The first-order valence-corrected chi connectivity index (χ1v) is 8.14. The topological polar surface area (TPSA) is 66.1 Å². The van der Waals surface area contributed by atoms with E-state index in [0.717, 1.165) is 18.4 Å². The SMILES string of the molecule is O=S(=O)(c1cn[nH]c1)N(Cc1ccc(Cl)cc1)C1CC1. The lowest BCUT2D eigenvalue weighted by Gasteiger charge is -2.21. The Morgan fingerprint density at radius 2 is 2.00 bits per heavy atom. The molecule has 0 amide bonds. The zero-order chi connectivity index (χ0) is 14.2. The third-order valence-corrected chi connectivity index (χ3v) is 5.40. The minimum atomic E-state index is -3.50. The van der Waals surface area contributed by atoms with Crippen molar-refractivity contribution in [3.05, 3.63) is 47.2 Å². The molecule has 20 heavy (non-hydrogen) atoms. The molecule has 1 saturated carbocycles. The second-order valence-corrected chi connectivity index (χ2v) is 7.17. The normalized spacial score (nSPS) is 15.7. The molecule has 0 unspecified atom stereocenters. The average Bonchev–Trinajstić information content (AvgIpc) is 3.09. The summed E-state index contributed by atoms with van der Waals surface area (Å²) in [6.45, 7) is 0.356. The third-order valence-electron chi connectivity index (χ3n) is 3.29. The first-order chi connectivity index (χ1) is 9.57. The fraction of sp³-hybridized carbons (Fsp3) is 0.308. The minimum Gasteiger partial charge on any atom is -0.284 e. The maximum Gasteiger partial charge on any atom is 0.246 e. The monoisotopic (exact) mass is 311 g/mol. The number of hydrogen-bond acceptors (Lipinski definition) is 3. The second-order valence-electron chi connectivity index (χ2n) is 4.84. The van der Waals surface area contributed by atoms with Gasteiger partial charge in [-0.1, -0.05) is 23.7 Å². The maximum atomic E-state index is 12.6. The van der Waals surface area contributed by atoms with Crippen molar-refractivity contribution in [3.8, 4) is 0 Å². The van der Waals surface area contributed by atoms with Crippen LogP contribution in [0.25, 0.3) is 0 Å². The number of hydrogen-bond donors (Lipinski definition) is 1. The van der Waals surface area contributed by atoms with Gasteiger partial charge in [0.25, 0.3) is 0 Å². The van der Waals surface area contributed by atoms with Crippen LogP contribution in [0.5, 0.6) is 0 Å². The number of halogens is 1. The van der Waals surface area contributed by atoms with Gasteiger partial charge in [-0.25, -0.2) is 8.42 Å². The number of benzene rings is 1. The molecule has 1 aliphatic carbocycles. The zero-order valence-electron chi connectivity index (χ0n) is 10.7. The summed E-state index contributed by atoms with van der Waals surface area (Å²) < 4.78 is 26.7. The highest BCUT2D eigenvalue weighted by Gasteiger charge is 2.38. The number of nitrogens with zero attached hydrogens (tertiary/aromatic N) is 2. The van der Waals surface area contributed by atoms with E-state index in [1.807, 2.05) is 12.1 Å². The summed E-state index contributed by atoms with van der Waals surface area (Å²) >= 11 is 5.85. The van der Waals surface area contributed by atoms with Gasteiger partial charge in [0.05, 0.1) is 6.20 Å². The third kappa shape index (κ3) is 2.72. The Morgan fingerprint density at radius 3 is 2.55 bits per heavy atom. The molecule has 0 spiro atoms. The van der Waals surface area contributed by atoms with Crippen LogP contribution >= 0.6 is 11.6 Å². The molecule has 1 aromatic carbocycles. The number of nitrogens with one attached hydrogen (secondary N) is 1. The van der Waals surface area contributed by atoms with E-state index in [-0.39, 0.29) is 10.9 Å². The molecule has 5 nitrogen and oxygen atoms in total. The molecule has 2 aromatic rings. The van der Waals surface area contributed by atoms with E-state index in [1.54, 1.807) is 16.4 Å². The van der Waals surface area contributed by atoms with Gasteiger partial charge in [0.15, 0.2) is 0 Å². The molecule has 7 heteroatoms. The number of H-pyrrole nitrogens is 1. The zero-order valence-corrected chi connectivity index (χ0v) is 12.2. The van der Waals surface area contributed by atoms with Gasteiger partial charge in [-0.2, -0.15) is 9.40 Å². The van der Waals surface area contributed by atoms with Crippen LogP contribution in [0.4, 0.5) is 0 Å². The molecule has 1 fully saturated rings. The molecule has 0 radical (unpaired) electrons. The van der Waals surface area contributed by atoms with Gasteiger partial charge >= 0.3 is 0 Å². The van der Waals surface area contributed by atoms with Gasteiger partial charge in [0, 0.05) is 23.8 Å². The van der Waals surface area contributed by atoms with E-state index in [1.165, 1.54) is 12.4 Å². The molecule has 3 rings (SSSR count). The van der Waals surface area contributed by atoms with Crippen molar-refractivity contribution in [1.29, 1.82) is 0 Å². The number of rotatable bonds is 5. The molecule has 0 bridgehead atoms. The molecule has 106 valence electrons. The lowest BCUT2D eigenvalue weighted by Crippen LogP contribution is -2.32. The molecule has 1 heterocycles. The Bertz CT molecular complexity index is 679. The van der Waals surface area contributed by atoms with Gasteiger partial charge < -0.3 is 0 Å². The van der Waals surface area contributed by atoms with Gasteiger partial charge in [-0.3, -0.25) is 5.10 Å². The first kappa shape index (κ1) is 13.6. The predicted octanol–water partition coefficient (Wildman–Crippen LogP) is 2.42. The van der Waals surface area contributed by atoms with Crippen molar-refractivity contribution < 1.29 is 8.42 Å². The van der Waals surface area contributed by atoms with E-state index in [0.29, 0.717) is 11.6 Å². The standard InChI is InChI=1S/C13H14ClN3O2S/c14-11-3-1-10(2-4-11)9-17(12-5-6-12)20(18,19)13-7-15-16-8-13/h1-4,7-8,12H,5-6,9H2,(H,15,16). The Kier molecular flexibility index (Phi) is 3.54. The highest BCUT2D eigenvalue weighted by atomic mass is 35.5. The van der Waals surface area contributed by atoms with Crippen molar-refractivity contribution in [3.63, 3.8) is 0 Å². The van der Waals surface area contributed by atoms with E-state index in [2.05, 4.69) is 10.2 Å². The van der Waals surface area contributed by atoms with Crippen molar-refractivity contribution in [2.45, 2.75) is 30.3 Å². The van der Waals surface area contributed by atoms with Crippen LogP contribution in [0.3, 0.4) is 0 Å². The number of sulfonamides is 1. The smallest absolute Gasteiger partial charge is 0.246 e. The minimum absolute atomic E-state index is 0.0885. The van der Waals surface area contributed by atoms with E-state index in [4.69, 9.17) is 11.6 Å². The average molecular weight is 312 g/mol. The highest BCUT2D eigenvalue weighted by molar-refractivity contribution is 7.89. The molecule has 0 atom stereocenters. The van der Waals surface area contributed by atoms with Gasteiger partial charge in [0.2, 0.25) is 10.0 Å². The van der Waals surface area contributed by atoms with Gasteiger partial charge in [0.1, 0.15) is 4.90 Å². The van der Waals surface area contributed by atoms with E-state index >= 15 is 0 Å². The van der Waals surface area contributed by atoms with Crippen molar-refractivity contribution >= 4 is 21.6 Å². The number of aromatic amines is 1. The second kappa shape index (κ2) is 5.20. The van der Waals surface area contributed by atoms with Crippen molar-refractivity contribution in [2.75, 3.05) is 0 Å². The molecule has 1 aliphatic rings.